The summed E-state index contributed by atoms with van der Waals surface area (Å²) in [6.07, 6.45) is 14.8. The Bertz CT molecular complexity index is 324. The van der Waals surface area contributed by atoms with E-state index in [1.807, 2.05) is 0 Å². The molecule has 0 bridgehead atoms. The summed E-state index contributed by atoms with van der Waals surface area (Å²) in [6, 6.07) is 0. The molecule has 0 saturated heterocycles. The normalized spacial score (nSPS) is 11.2. The van der Waals surface area contributed by atoms with Crippen molar-refractivity contribution in [2.75, 3.05) is 0 Å². The van der Waals surface area contributed by atoms with E-state index in [2.05, 4.69) is 13.8 Å². The van der Waals surface area contributed by atoms with Gasteiger partial charge in [0.2, 0.25) is 0 Å². The van der Waals surface area contributed by atoms with Crippen LogP contribution in [0.1, 0.15) is 117 Å². The summed E-state index contributed by atoms with van der Waals surface area (Å²) in [5, 5.41) is 23.1. The first-order valence-corrected chi connectivity index (χ1v) is 10.4. The van der Waals surface area contributed by atoms with E-state index in [1.54, 1.807) is 0 Å². The minimum Gasteiger partial charge on any atom is -0.549 e. The Kier molecular flexibility index (Phi) is 20.3. The van der Waals surface area contributed by atoms with Crippen molar-refractivity contribution in [3.05, 3.63) is 0 Å². The maximum atomic E-state index is 11.5. The Morgan fingerprint density at radius 3 is 1.12 bits per heavy atom. The second-order valence-electron chi connectivity index (χ2n) is 7.40. The molecule has 0 atom stereocenters. The van der Waals surface area contributed by atoms with Crippen molar-refractivity contribution in [2.24, 2.45) is 5.41 Å². The van der Waals surface area contributed by atoms with Crippen molar-refractivity contribution in [3.8, 4) is 0 Å². The number of carboxylic acids is 2. The van der Waals surface area contributed by atoms with Crippen molar-refractivity contribution in [1.29, 1.82) is 0 Å². The molecule has 0 fully saturated rings. The van der Waals surface area contributed by atoms with Gasteiger partial charge in [-0.25, -0.2) is 0 Å². The molecule has 0 rings (SSSR count). The number of carboxylic acid groups (broad SMARTS) is 2. The molecule has 148 valence electrons. The van der Waals surface area contributed by atoms with Gasteiger partial charge in [0.25, 0.3) is 0 Å². The van der Waals surface area contributed by atoms with Gasteiger partial charge in [0.05, 0.1) is 11.9 Å². The predicted octanol–water partition coefficient (Wildman–Crippen LogP) is 3.37. The Morgan fingerprint density at radius 1 is 0.577 bits per heavy atom. The van der Waals surface area contributed by atoms with Crippen molar-refractivity contribution >= 4 is 49.7 Å². The number of rotatable bonds is 18. The van der Waals surface area contributed by atoms with Gasteiger partial charge >= 0.3 is 37.7 Å². The van der Waals surface area contributed by atoms with Gasteiger partial charge in [-0.1, -0.05) is 104 Å². The fourth-order valence-corrected chi connectivity index (χ4v) is 3.38. The molecule has 0 aliphatic heterocycles. The van der Waals surface area contributed by atoms with Crippen LogP contribution in [0.15, 0.2) is 0 Å². The van der Waals surface area contributed by atoms with E-state index >= 15 is 0 Å². The van der Waals surface area contributed by atoms with Crippen LogP contribution in [0.4, 0.5) is 0 Å². The maximum Gasteiger partial charge on any atom is 2.00 e. The van der Waals surface area contributed by atoms with E-state index in [-0.39, 0.29) is 50.6 Å². The molecule has 0 aromatic carbocycles. The molecule has 0 aliphatic carbocycles. The third-order valence-corrected chi connectivity index (χ3v) is 5.20. The van der Waals surface area contributed by atoms with Crippen molar-refractivity contribution in [1.82, 2.24) is 0 Å². The molecule has 4 nitrogen and oxygen atoms in total. The van der Waals surface area contributed by atoms with Gasteiger partial charge in [-0.3, -0.25) is 0 Å². The standard InChI is InChI=1S/C21H40O4.Ca/c1-3-5-7-9-11-13-15-17-21(19(22)23,20(24)25)18-16-14-12-10-8-6-4-2;/h3-18H2,1-2H3,(H,22,23)(H,24,25);/q;+2/p-2. The predicted molar refractivity (Wildman–Crippen MR) is 103 cm³/mol. The van der Waals surface area contributed by atoms with E-state index in [9.17, 15) is 19.8 Å². The molecule has 0 aromatic heterocycles. The summed E-state index contributed by atoms with van der Waals surface area (Å²) in [7, 11) is 0. The van der Waals surface area contributed by atoms with Crippen LogP contribution >= 0.6 is 0 Å². The molecule has 0 aliphatic rings. The Balaban J connectivity index is 0. The van der Waals surface area contributed by atoms with Gasteiger partial charge < -0.3 is 19.8 Å². The first-order chi connectivity index (χ1) is 12.0. The van der Waals surface area contributed by atoms with Gasteiger partial charge in [0.1, 0.15) is 0 Å². The monoisotopic (exact) mass is 394 g/mol. The molecule has 26 heavy (non-hydrogen) atoms. The molecular formula is C21H38CaO4. The molecule has 0 aromatic rings. The minimum atomic E-state index is -1.80. The van der Waals surface area contributed by atoms with Gasteiger partial charge in [0.15, 0.2) is 0 Å². The number of carbonyl (C=O) groups excluding carboxylic acids is 2. The average molecular weight is 395 g/mol. The quantitative estimate of drug-likeness (QED) is 0.203. The third kappa shape index (κ3) is 12.6. The smallest absolute Gasteiger partial charge is 0.549 e. The van der Waals surface area contributed by atoms with Crippen molar-refractivity contribution in [2.45, 2.75) is 117 Å². The molecule has 0 unspecified atom stereocenters. The fraction of sp³-hybridized carbons (Fsp3) is 0.905. The zero-order chi connectivity index (χ0) is 19.0. The first kappa shape index (κ1) is 28.4. The van der Waals surface area contributed by atoms with Crippen LogP contribution < -0.4 is 10.2 Å². The zero-order valence-electron chi connectivity index (χ0n) is 17.2. The average Bonchev–Trinajstić information content (AvgIpc) is 2.57. The molecule has 5 heteroatoms. The van der Waals surface area contributed by atoms with Gasteiger partial charge in [-0.2, -0.15) is 0 Å². The van der Waals surface area contributed by atoms with E-state index < -0.39 is 17.4 Å². The Morgan fingerprint density at radius 2 is 0.846 bits per heavy atom. The van der Waals surface area contributed by atoms with Gasteiger partial charge in [-0.15, -0.1) is 0 Å². The van der Waals surface area contributed by atoms with E-state index in [1.165, 1.54) is 38.5 Å². The second-order valence-corrected chi connectivity index (χ2v) is 7.40. The molecular weight excluding hydrogens is 356 g/mol. The SMILES string of the molecule is CCCCCCCCCC(CCCCCCCCC)(C(=O)[O-])C(=O)[O-].[Ca+2]. The van der Waals surface area contributed by atoms with Crippen LogP contribution in [0.25, 0.3) is 0 Å². The second kappa shape index (κ2) is 18.6. The zero-order valence-corrected chi connectivity index (χ0v) is 19.4. The molecule has 0 saturated carbocycles. The number of hydrogen-bond acceptors (Lipinski definition) is 4. The summed E-state index contributed by atoms with van der Waals surface area (Å²) in [4.78, 5) is 23.1. The molecule has 0 spiro atoms. The summed E-state index contributed by atoms with van der Waals surface area (Å²) >= 11 is 0. The largest absolute Gasteiger partial charge is 2.00 e. The first-order valence-electron chi connectivity index (χ1n) is 10.4. The van der Waals surface area contributed by atoms with Gasteiger partial charge in [-0.05, 0) is 12.8 Å². The van der Waals surface area contributed by atoms with Crippen LogP contribution in [0.3, 0.4) is 0 Å². The fourth-order valence-electron chi connectivity index (χ4n) is 3.38. The van der Waals surface area contributed by atoms with Crippen LogP contribution in [0.5, 0.6) is 0 Å². The van der Waals surface area contributed by atoms with Gasteiger partial charge in [0, 0.05) is 5.41 Å². The van der Waals surface area contributed by atoms with Crippen LogP contribution in [-0.4, -0.2) is 49.7 Å². The van der Waals surface area contributed by atoms with E-state index in [0.717, 1.165) is 38.5 Å². The van der Waals surface area contributed by atoms with Crippen LogP contribution in [0, 0.1) is 5.41 Å². The van der Waals surface area contributed by atoms with Crippen molar-refractivity contribution in [3.63, 3.8) is 0 Å². The minimum absolute atomic E-state index is 0. The van der Waals surface area contributed by atoms with Crippen molar-refractivity contribution < 1.29 is 19.8 Å². The van der Waals surface area contributed by atoms with Crippen LogP contribution in [0.2, 0.25) is 0 Å². The molecule has 0 N–H and O–H groups in total. The Hall–Kier alpha value is 0.200. The third-order valence-electron chi connectivity index (χ3n) is 5.20. The number of aliphatic carboxylic acids is 2. The molecule has 0 radical (unpaired) electrons. The maximum absolute atomic E-state index is 11.5. The molecule has 0 heterocycles. The number of hydrogen-bond donors (Lipinski definition) is 0. The summed E-state index contributed by atoms with van der Waals surface area (Å²) < 4.78 is 0. The van der Waals surface area contributed by atoms with Crippen LogP contribution in [-0.2, 0) is 9.59 Å². The number of carbonyl (C=O) groups is 2. The number of unbranched alkanes of at least 4 members (excludes halogenated alkanes) is 12. The topological polar surface area (TPSA) is 80.3 Å². The Labute approximate surface area is 190 Å². The molecule has 0 amide bonds. The van der Waals surface area contributed by atoms with E-state index in [4.69, 9.17) is 0 Å². The summed E-state index contributed by atoms with van der Waals surface area (Å²) in [5.74, 6) is -2.94. The summed E-state index contributed by atoms with van der Waals surface area (Å²) in [5.41, 5.74) is -1.80. The summed E-state index contributed by atoms with van der Waals surface area (Å²) in [6.45, 7) is 4.33. The van der Waals surface area contributed by atoms with E-state index in [0.29, 0.717) is 12.8 Å².